The summed E-state index contributed by atoms with van der Waals surface area (Å²) in [4.78, 5) is 28.1. The average Bonchev–Trinajstić information content (AvgIpc) is 3.04. The van der Waals surface area contributed by atoms with E-state index in [4.69, 9.17) is 23.2 Å². The molecule has 0 fully saturated rings. The third-order valence-corrected chi connectivity index (χ3v) is 4.64. The lowest BCUT2D eigenvalue weighted by Gasteiger charge is -2.06. The van der Waals surface area contributed by atoms with Crippen LogP contribution in [-0.2, 0) is 11.3 Å². The maximum Gasteiger partial charge on any atom is 0.356 e. The van der Waals surface area contributed by atoms with Crippen molar-refractivity contribution in [2.45, 2.75) is 13.5 Å². The normalized spacial score (nSPS) is 10.6. The summed E-state index contributed by atoms with van der Waals surface area (Å²) in [6.07, 6.45) is 0. The van der Waals surface area contributed by atoms with E-state index in [1.807, 2.05) is 6.07 Å². The average molecular weight is 420 g/mol. The van der Waals surface area contributed by atoms with Crippen molar-refractivity contribution in [1.29, 1.82) is 0 Å². The third kappa shape index (κ3) is 4.29. The van der Waals surface area contributed by atoms with Gasteiger partial charge in [-0.15, -0.1) is 5.10 Å². The van der Waals surface area contributed by atoms with E-state index in [-0.39, 0.29) is 17.2 Å². The number of carbonyl (C=O) groups is 2. The first-order chi connectivity index (χ1) is 13.4. The van der Waals surface area contributed by atoms with Gasteiger partial charge in [-0.1, -0.05) is 40.5 Å². The van der Waals surface area contributed by atoms with Crippen LogP contribution in [-0.4, -0.2) is 39.0 Å². The van der Waals surface area contributed by atoms with Gasteiger partial charge in [-0.2, -0.15) is 0 Å². The Morgan fingerprint density at radius 2 is 1.96 bits per heavy atom. The van der Waals surface area contributed by atoms with Crippen LogP contribution < -0.4 is 5.32 Å². The number of carbonyl (C=O) groups excluding carboxylic acids is 2. The SMILES string of the molecule is COC(=O)c1cccc(NC(=O)c2nnn(Cc3ccc(Cl)c(Cl)c3)c2C)n1. The van der Waals surface area contributed by atoms with Gasteiger partial charge in [-0.25, -0.2) is 14.5 Å². The van der Waals surface area contributed by atoms with Gasteiger partial charge in [0.25, 0.3) is 5.91 Å². The molecular formula is C18H15Cl2N5O3. The molecule has 10 heteroatoms. The van der Waals surface area contributed by atoms with Crippen LogP contribution >= 0.6 is 23.2 Å². The number of hydrogen-bond acceptors (Lipinski definition) is 6. The summed E-state index contributed by atoms with van der Waals surface area (Å²) < 4.78 is 6.19. The second-order valence-electron chi connectivity index (χ2n) is 5.78. The van der Waals surface area contributed by atoms with Crippen molar-refractivity contribution in [3.63, 3.8) is 0 Å². The number of hydrogen-bond donors (Lipinski definition) is 1. The Labute approximate surface area is 170 Å². The fourth-order valence-corrected chi connectivity index (χ4v) is 2.75. The molecule has 2 heterocycles. The number of pyridine rings is 1. The van der Waals surface area contributed by atoms with Gasteiger partial charge in [-0.05, 0) is 36.8 Å². The number of aromatic nitrogens is 4. The highest BCUT2D eigenvalue weighted by Gasteiger charge is 2.18. The third-order valence-electron chi connectivity index (χ3n) is 3.90. The van der Waals surface area contributed by atoms with E-state index in [1.54, 1.807) is 35.9 Å². The number of nitrogens with zero attached hydrogens (tertiary/aromatic N) is 4. The number of benzene rings is 1. The molecule has 1 amide bonds. The Balaban J connectivity index is 1.76. The summed E-state index contributed by atoms with van der Waals surface area (Å²) in [5.74, 6) is -0.890. The van der Waals surface area contributed by atoms with Crippen LogP contribution in [0, 0.1) is 6.92 Å². The maximum absolute atomic E-state index is 12.5. The highest BCUT2D eigenvalue weighted by molar-refractivity contribution is 6.42. The molecule has 0 radical (unpaired) electrons. The van der Waals surface area contributed by atoms with Crippen molar-refractivity contribution in [1.82, 2.24) is 20.0 Å². The zero-order chi connectivity index (χ0) is 20.3. The molecular weight excluding hydrogens is 405 g/mol. The van der Waals surface area contributed by atoms with Crippen LogP contribution in [0.25, 0.3) is 0 Å². The number of amides is 1. The van der Waals surface area contributed by atoms with Crippen molar-refractivity contribution in [2.24, 2.45) is 0 Å². The first kappa shape index (κ1) is 19.8. The van der Waals surface area contributed by atoms with E-state index in [0.29, 0.717) is 22.3 Å². The van der Waals surface area contributed by atoms with Crippen molar-refractivity contribution in [3.8, 4) is 0 Å². The topological polar surface area (TPSA) is 99.0 Å². The smallest absolute Gasteiger partial charge is 0.356 e. The lowest BCUT2D eigenvalue weighted by atomic mass is 10.2. The summed E-state index contributed by atoms with van der Waals surface area (Å²) in [5.41, 5.74) is 1.65. The molecule has 2 aromatic heterocycles. The van der Waals surface area contributed by atoms with Gasteiger partial charge < -0.3 is 10.1 Å². The van der Waals surface area contributed by atoms with Crippen molar-refractivity contribution < 1.29 is 14.3 Å². The summed E-state index contributed by atoms with van der Waals surface area (Å²) in [5, 5.41) is 11.5. The molecule has 3 aromatic rings. The molecule has 0 aliphatic carbocycles. The second kappa shape index (κ2) is 8.37. The number of nitrogens with one attached hydrogen (secondary N) is 1. The molecule has 144 valence electrons. The molecule has 0 aliphatic rings. The Kier molecular flexibility index (Phi) is 5.91. The lowest BCUT2D eigenvalue weighted by molar-refractivity contribution is 0.0594. The highest BCUT2D eigenvalue weighted by Crippen LogP contribution is 2.23. The Hall–Kier alpha value is -2.97. The van der Waals surface area contributed by atoms with Gasteiger partial charge in [0.05, 0.1) is 29.4 Å². The monoisotopic (exact) mass is 419 g/mol. The molecule has 0 saturated carbocycles. The zero-order valence-corrected chi connectivity index (χ0v) is 16.5. The molecule has 8 nitrogen and oxygen atoms in total. The fraction of sp³-hybridized carbons (Fsp3) is 0.167. The first-order valence-corrected chi connectivity index (χ1v) is 8.85. The second-order valence-corrected chi connectivity index (χ2v) is 6.60. The van der Waals surface area contributed by atoms with E-state index < -0.39 is 11.9 Å². The molecule has 1 aromatic carbocycles. The van der Waals surface area contributed by atoms with Gasteiger partial charge in [-0.3, -0.25) is 4.79 Å². The highest BCUT2D eigenvalue weighted by atomic mass is 35.5. The van der Waals surface area contributed by atoms with Gasteiger partial charge in [0, 0.05) is 0 Å². The van der Waals surface area contributed by atoms with Crippen LogP contribution in [0.4, 0.5) is 5.82 Å². The Morgan fingerprint density at radius 1 is 1.18 bits per heavy atom. The Morgan fingerprint density at radius 3 is 2.68 bits per heavy atom. The minimum Gasteiger partial charge on any atom is -0.464 e. The lowest BCUT2D eigenvalue weighted by Crippen LogP contribution is -2.16. The predicted octanol–water partition coefficient (Wildman–Crippen LogP) is 3.38. The van der Waals surface area contributed by atoms with Crippen molar-refractivity contribution in [3.05, 3.63) is 69.1 Å². The number of anilines is 1. The molecule has 28 heavy (non-hydrogen) atoms. The predicted molar refractivity (Wildman–Crippen MR) is 104 cm³/mol. The van der Waals surface area contributed by atoms with Gasteiger partial charge in [0.2, 0.25) is 0 Å². The van der Waals surface area contributed by atoms with Crippen LogP contribution in [0.1, 0.15) is 32.2 Å². The van der Waals surface area contributed by atoms with E-state index in [0.717, 1.165) is 5.56 Å². The molecule has 0 unspecified atom stereocenters. The largest absolute Gasteiger partial charge is 0.464 e. The molecule has 0 aliphatic heterocycles. The molecule has 0 bridgehead atoms. The van der Waals surface area contributed by atoms with Crippen molar-refractivity contribution in [2.75, 3.05) is 12.4 Å². The van der Waals surface area contributed by atoms with Crippen LogP contribution in [0.3, 0.4) is 0 Å². The summed E-state index contributed by atoms with van der Waals surface area (Å²) in [6.45, 7) is 2.10. The number of methoxy groups -OCH3 is 1. The quantitative estimate of drug-likeness (QED) is 0.636. The van der Waals surface area contributed by atoms with E-state index in [1.165, 1.54) is 13.2 Å². The summed E-state index contributed by atoms with van der Waals surface area (Å²) in [6, 6.07) is 9.87. The van der Waals surface area contributed by atoms with Gasteiger partial charge >= 0.3 is 5.97 Å². The standard InChI is InChI=1S/C18H15Cl2N5O3/c1-10-16(17(26)22-15-5-3-4-14(21-15)18(27)28-2)23-24-25(10)9-11-6-7-12(19)13(20)8-11/h3-8H,9H2,1-2H3,(H,21,22,26). The first-order valence-electron chi connectivity index (χ1n) is 8.09. The molecule has 0 atom stereocenters. The number of rotatable bonds is 5. The molecule has 1 N–H and O–H groups in total. The molecule has 0 saturated heterocycles. The minimum absolute atomic E-state index is 0.0836. The van der Waals surface area contributed by atoms with Gasteiger partial charge in [0.15, 0.2) is 11.4 Å². The van der Waals surface area contributed by atoms with Crippen LogP contribution in [0.2, 0.25) is 10.0 Å². The summed E-state index contributed by atoms with van der Waals surface area (Å²) >= 11 is 12.0. The number of esters is 1. The van der Waals surface area contributed by atoms with E-state index in [2.05, 4.69) is 25.3 Å². The summed E-state index contributed by atoms with van der Waals surface area (Å²) in [7, 11) is 1.25. The molecule has 0 spiro atoms. The number of halogens is 2. The minimum atomic E-state index is -0.597. The van der Waals surface area contributed by atoms with E-state index >= 15 is 0 Å². The molecule has 3 rings (SSSR count). The number of ether oxygens (including phenoxy) is 1. The zero-order valence-electron chi connectivity index (χ0n) is 14.9. The Bertz CT molecular complexity index is 1050. The van der Waals surface area contributed by atoms with Crippen molar-refractivity contribution >= 4 is 40.9 Å². The fourth-order valence-electron chi connectivity index (χ4n) is 2.43. The maximum atomic E-state index is 12.5. The van der Waals surface area contributed by atoms with Crippen LogP contribution in [0.15, 0.2) is 36.4 Å². The van der Waals surface area contributed by atoms with E-state index in [9.17, 15) is 9.59 Å². The van der Waals surface area contributed by atoms with Gasteiger partial charge in [0.1, 0.15) is 5.82 Å². The van der Waals surface area contributed by atoms with Crippen LogP contribution in [0.5, 0.6) is 0 Å².